The van der Waals surface area contributed by atoms with Crippen molar-refractivity contribution >= 4 is 45.0 Å². The molecule has 0 aliphatic heterocycles. The van der Waals surface area contributed by atoms with E-state index in [1.165, 1.54) is 40.6 Å². The van der Waals surface area contributed by atoms with Crippen LogP contribution in [0.25, 0.3) is 10.2 Å². The molecule has 27 heavy (non-hydrogen) atoms. The van der Waals surface area contributed by atoms with Crippen LogP contribution in [0.1, 0.15) is 34.4 Å². The molecule has 1 aliphatic rings. The number of fused-ring (bicyclic) bond motifs is 3. The molecule has 1 aromatic carbocycles. The van der Waals surface area contributed by atoms with E-state index in [-0.39, 0.29) is 11.7 Å². The van der Waals surface area contributed by atoms with Gasteiger partial charge in [0.2, 0.25) is 5.91 Å². The maximum Gasteiger partial charge on any atom is 0.230 e. The van der Waals surface area contributed by atoms with Gasteiger partial charge in [0.25, 0.3) is 0 Å². The standard InChI is InChI=1S/C20H22N4OS2/c1-12-6-8-13(9-7-12)10-22-16(25)11-26-20-23-18(21)17-14-4-2-3-5-15(14)27-19(17)24-20/h6-9H,2-5,10-11H2,1H3,(H,22,25)(H2,21,23,24). The lowest BCUT2D eigenvalue weighted by Gasteiger charge is -2.10. The second-order valence-corrected chi connectivity index (χ2v) is 8.86. The lowest BCUT2D eigenvalue weighted by atomic mass is 9.97. The third-order valence-electron chi connectivity index (χ3n) is 4.76. The van der Waals surface area contributed by atoms with Gasteiger partial charge in [0.15, 0.2) is 5.16 Å². The van der Waals surface area contributed by atoms with Crippen molar-refractivity contribution in [1.29, 1.82) is 0 Å². The molecule has 7 heteroatoms. The number of rotatable bonds is 5. The topological polar surface area (TPSA) is 80.9 Å². The van der Waals surface area contributed by atoms with Crippen LogP contribution < -0.4 is 11.1 Å². The molecule has 1 amide bonds. The highest BCUT2D eigenvalue weighted by molar-refractivity contribution is 7.99. The molecular weight excluding hydrogens is 376 g/mol. The number of thioether (sulfide) groups is 1. The molecule has 2 aromatic heterocycles. The predicted molar refractivity (Wildman–Crippen MR) is 112 cm³/mol. The van der Waals surface area contributed by atoms with Gasteiger partial charge >= 0.3 is 0 Å². The summed E-state index contributed by atoms with van der Waals surface area (Å²) in [4.78, 5) is 23.6. The van der Waals surface area contributed by atoms with Crippen LogP contribution in [0.3, 0.4) is 0 Å². The molecule has 5 nitrogen and oxygen atoms in total. The first kappa shape index (κ1) is 18.3. The van der Waals surface area contributed by atoms with Gasteiger partial charge in [0.05, 0.1) is 11.1 Å². The summed E-state index contributed by atoms with van der Waals surface area (Å²) < 4.78 is 0. The van der Waals surface area contributed by atoms with Gasteiger partial charge in [-0.3, -0.25) is 4.79 Å². The van der Waals surface area contributed by atoms with Crippen molar-refractivity contribution in [3.63, 3.8) is 0 Å². The fraction of sp³-hybridized carbons (Fsp3) is 0.350. The first-order chi connectivity index (χ1) is 13.1. The summed E-state index contributed by atoms with van der Waals surface area (Å²) >= 11 is 3.06. The minimum Gasteiger partial charge on any atom is -0.383 e. The molecule has 0 spiro atoms. The average molecular weight is 399 g/mol. The molecule has 0 radical (unpaired) electrons. The minimum absolute atomic E-state index is 0.0340. The number of nitrogens with two attached hydrogens (primary N) is 1. The Kier molecular flexibility index (Phi) is 5.31. The normalized spacial score (nSPS) is 13.5. The van der Waals surface area contributed by atoms with Crippen LogP contribution in [-0.2, 0) is 24.2 Å². The monoisotopic (exact) mass is 398 g/mol. The number of amides is 1. The van der Waals surface area contributed by atoms with Crippen molar-refractivity contribution in [1.82, 2.24) is 15.3 Å². The summed E-state index contributed by atoms with van der Waals surface area (Å²) in [6.07, 6.45) is 4.61. The molecule has 1 aliphatic carbocycles. The van der Waals surface area contributed by atoms with Crippen molar-refractivity contribution in [2.75, 3.05) is 11.5 Å². The van der Waals surface area contributed by atoms with Gasteiger partial charge in [-0.1, -0.05) is 41.6 Å². The summed E-state index contributed by atoms with van der Waals surface area (Å²) in [5, 5.41) is 4.54. The Morgan fingerprint density at radius 2 is 2.00 bits per heavy atom. The van der Waals surface area contributed by atoms with E-state index in [4.69, 9.17) is 5.73 Å². The van der Waals surface area contributed by atoms with E-state index in [0.29, 0.717) is 17.5 Å². The predicted octanol–water partition coefficient (Wildman–Crippen LogP) is 3.87. The molecule has 140 valence electrons. The Hall–Kier alpha value is -2.12. The second-order valence-electron chi connectivity index (χ2n) is 6.83. The van der Waals surface area contributed by atoms with Crippen LogP contribution in [0.5, 0.6) is 0 Å². The van der Waals surface area contributed by atoms with Gasteiger partial charge < -0.3 is 11.1 Å². The summed E-state index contributed by atoms with van der Waals surface area (Å²) in [6, 6.07) is 8.14. The SMILES string of the molecule is Cc1ccc(CNC(=O)CSc2nc(N)c3c4c(sc3n2)CCCC4)cc1. The van der Waals surface area contributed by atoms with E-state index >= 15 is 0 Å². The highest BCUT2D eigenvalue weighted by Crippen LogP contribution is 2.38. The first-order valence-electron chi connectivity index (χ1n) is 9.13. The zero-order chi connectivity index (χ0) is 18.8. The van der Waals surface area contributed by atoms with Crippen LogP contribution in [0, 0.1) is 6.92 Å². The van der Waals surface area contributed by atoms with Crippen molar-refractivity contribution < 1.29 is 4.79 Å². The van der Waals surface area contributed by atoms with Gasteiger partial charge in [0, 0.05) is 11.4 Å². The number of thiophene rings is 1. The Balaban J connectivity index is 1.39. The Bertz CT molecular complexity index is 982. The number of carbonyl (C=O) groups is 1. The van der Waals surface area contributed by atoms with Gasteiger partial charge in [-0.05, 0) is 43.7 Å². The lowest BCUT2D eigenvalue weighted by molar-refractivity contribution is -0.118. The quantitative estimate of drug-likeness (QED) is 0.504. The second kappa shape index (κ2) is 7.86. The van der Waals surface area contributed by atoms with Gasteiger partial charge in [0.1, 0.15) is 10.6 Å². The number of hydrogen-bond donors (Lipinski definition) is 2. The van der Waals surface area contributed by atoms with Crippen molar-refractivity contribution in [3.8, 4) is 0 Å². The smallest absolute Gasteiger partial charge is 0.230 e. The number of nitrogens with one attached hydrogen (secondary N) is 1. The average Bonchev–Trinajstić information content (AvgIpc) is 3.05. The number of benzene rings is 1. The molecule has 3 aromatic rings. The molecule has 0 atom stereocenters. The van der Waals surface area contributed by atoms with Crippen molar-refractivity contribution in [3.05, 3.63) is 45.8 Å². The lowest BCUT2D eigenvalue weighted by Crippen LogP contribution is -2.24. The number of aryl methyl sites for hydroxylation is 3. The Morgan fingerprint density at radius 3 is 2.81 bits per heavy atom. The molecule has 0 bridgehead atoms. The molecule has 0 saturated heterocycles. The Labute approximate surface area is 166 Å². The van der Waals surface area contributed by atoms with Crippen molar-refractivity contribution in [2.24, 2.45) is 0 Å². The highest BCUT2D eigenvalue weighted by Gasteiger charge is 2.20. The number of aromatic nitrogens is 2. The molecule has 0 fully saturated rings. The molecule has 0 unspecified atom stereocenters. The van der Waals surface area contributed by atoms with E-state index in [1.807, 2.05) is 31.2 Å². The molecule has 4 rings (SSSR count). The van der Waals surface area contributed by atoms with Crippen LogP contribution in [-0.4, -0.2) is 21.6 Å². The van der Waals surface area contributed by atoms with E-state index < -0.39 is 0 Å². The van der Waals surface area contributed by atoms with Crippen LogP contribution in [0.2, 0.25) is 0 Å². The zero-order valence-electron chi connectivity index (χ0n) is 15.2. The third-order valence-corrected chi connectivity index (χ3v) is 6.80. The zero-order valence-corrected chi connectivity index (χ0v) is 16.9. The Morgan fingerprint density at radius 1 is 1.22 bits per heavy atom. The third kappa shape index (κ3) is 4.09. The number of nitrogens with zero attached hydrogens (tertiary/aromatic N) is 2. The number of anilines is 1. The van der Waals surface area contributed by atoms with E-state index in [1.54, 1.807) is 11.3 Å². The van der Waals surface area contributed by atoms with E-state index in [2.05, 4.69) is 15.3 Å². The maximum atomic E-state index is 12.1. The number of carbonyl (C=O) groups excluding carboxylic acids is 1. The van der Waals surface area contributed by atoms with Gasteiger partial charge in [-0.15, -0.1) is 11.3 Å². The maximum absolute atomic E-state index is 12.1. The van der Waals surface area contributed by atoms with Gasteiger partial charge in [-0.2, -0.15) is 0 Å². The molecular formula is C20H22N4OS2. The number of nitrogen functional groups attached to an aromatic ring is 1. The summed E-state index contributed by atoms with van der Waals surface area (Å²) in [6.45, 7) is 2.57. The van der Waals surface area contributed by atoms with Crippen LogP contribution >= 0.6 is 23.1 Å². The fourth-order valence-corrected chi connectivity index (χ4v) is 5.33. The van der Waals surface area contributed by atoms with E-state index in [9.17, 15) is 4.79 Å². The summed E-state index contributed by atoms with van der Waals surface area (Å²) in [5.74, 6) is 0.789. The fourth-order valence-electron chi connectivity index (χ4n) is 3.32. The molecule has 0 saturated carbocycles. The largest absolute Gasteiger partial charge is 0.383 e. The summed E-state index contributed by atoms with van der Waals surface area (Å²) in [7, 11) is 0. The van der Waals surface area contributed by atoms with Crippen LogP contribution in [0.15, 0.2) is 29.4 Å². The summed E-state index contributed by atoms with van der Waals surface area (Å²) in [5.41, 5.74) is 9.86. The molecule has 3 N–H and O–H groups in total. The number of hydrogen-bond acceptors (Lipinski definition) is 6. The van der Waals surface area contributed by atoms with Crippen LogP contribution in [0.4, 0.5) is 5.82 Å². The highest BCUT2D eigenvalue weighted by atomic mass is 32.2. The van der Waals surface area contributed by atoms with Crippen molar-refractivity contribution in [2.45, 2.75) is 44.3 Å². The minimum atomic E-state index is -0.0340. The van der Waals surface area contributed by atoms with E-state index in [0.717, 1.165) is 28.6 Å². The molecule has 2 heterocycles. The van der Waals surface area contributed by atoms with Gasteiger partial charge in [-0.25, -0.2) is 9.97 Å². The first-order valence-corrected chi connectivity index (χ1v) is 10.9.